The molecular weight excluding hydrogens is 258 g/mol. The Morgan fingerprint density at radius 1 is 1.45 bits per heavy atom. The molecule has 0 bridgehead atoms. The van der Waals surface area contributed by atoms with Gasteiger partial charge in [-0.15, -0.1) is 0 Å². The number of carbonyl (C=O) groups excluding carboxylic acids is 2. The zero-order valence-corrected chi connectivity index (χ0v) is 11.5. The first-order valence-electron chi connectivity index (χ1n) is 6.70. The minimum Gasteiger partial charge on any atom is -0.462 e. The number of hydrogen-bond acceptors (Lipinski definition) is 5. The van der Waals surface area contributed by atoms with Gasteiger partial charge in [-0.3, -0.25) is 4.79 Å². The van der Waals surface area contributed by atoms with Crippen LogP contribution in [-0.4, -0.2) is 38.1 Å². The fraction of sp³-hybridized carbons (Fsp3) is 0.429. The maximum atomic E-state index is 11.8. The van der Waals surface area contributed by atoms with Gasteiger partial charge in [0.25, 0.3) is 0 Å². The lowest BCUT2D eigenvalue weighted by Crippen LogP contribution is -2.28. The number of nitrogens with two attached hydrogens (primary N) is 1. The zero-order valence-electron chi connectivity index (χ0n) is 11.5. The molecule has 0 atom stereocenters. The first-order valence-corrected chi connectivity index (χ1v) is 6.70. The Bertz CT molecular complexity index is 516. The van der Waals surface area contributed by atoms with E-state index in [4.69, 9.17) is 10.5 Å². The van der Waals surface area contributed by atoms with Crippen molar-refractivity contribution in [1.29, 1.82) is 0 Å². The number of carbonyl (C=O) groups is 2. The number of anilines is 2. The van der Waals surface area contributed by atoms with Crippen LogP contribution in [0.3, 0.4) is 0 Å². The van der Waals surface area contributed by atoms with E-state index in [9.17, 15) is 9.59 Å². The smallest absolute Gasteiger partial charge is 0.340 e. The minimum atomic E-state index is -0.420. The van der Waals surface area contributed by atoms with Crippen molar-refractivity contribution in [2.24, 2.45) is 0 Å². The van der Waals surface area contributed by atoms with Crippen LogP contribution in [0.5, 0.6) is 0 Å². The van der Waals surface area contributed by atoms with E-state index in [1.807, 2.05) is 6.07 Å². The van der Waals surface area contributed by atoms with E-state index in [-0.39, 0.29) is 5.91 Å². The average Bonchev–Trinajstić information content (AvgIpc) is 2.64. The highest BCUT2D eigenvalue weighted by atomic mass is 16.5. The molecule has 0 spiro atoms. The quantitative estimate of drug-likeness (QED) is 0.630. The number of nitrogens with one attached hydrogen (secondary N) is 1. The maximum Gasteiger partial charge on any atom is 0.340 e. The molecule has 1 aliphatic rings. The van der Waals surface area contributed by atoms with Gasteiger partial charge in [0.05, 0.1) is 12.2 Å². The largest absolute Gasteiger partial charge is 0.462 e. The van der Waals surface area contributed by atoms with Crippen LogP contribution in [0.15, 0.2) is 18.2 Å². The molecule has 20 heavy (non-hydrogen) atoms. The lowest BCUT2D eigenvalue weighted by atomic mass is 10.1. The summed E-state index contributed by atoms with van der Waals surface area (Å²) >= 11 is 0. The average molecular weight is 277 g/mol. The van der Waals surface area contributed by atoms with Gasteiger partial charge in [0, 0.05) is 37.4 Å². The van der Waals surface area contributed by atoms with E-state index in [1.54, 1.807) is 19.1 Å². The molecule has 1 heterocycles. The SMILES string of the molecule is CCOC(=O)c1cc(N2CCNC(=O)CC2)ccc1N. The van der Waals surface area contributed by atoms with Crippen molar-refractivity contribution in [1.82, 2.24) is 5.32 Å². The molecule has 1 aromatic rings. The third-order valence-electron chi connectivity index (χ3n) is 3.21. The van der Waals surface area contributed by atoms with Crippen molar-refractivity contribution in [2.75, 3.05) is 36.9 Å². The van der Waals surface area contributed by atoms with Crippen LogP contribution in [-0.2, 0) is 9.53 Å². The molecule has 108 valence electrons. The summed E-state index contributed by atoms with van der Waals surface area (Å²) in [5.41, 5.74) is 7.46. The fourth-order valence-electron chi connectivity index (χ4n) is 2.15. The highest BCUT2D eigenvalue weighted by Gasteiger charge is 2.17. The summed E-state index contributed by atoms with van der Waals surface area (Å²) in [5.74, 6) is -0.371. The molecule has 2 rings (SSSR count). The Hall–Kier alpha value is -2.24. The van der Waals surface area contributed by atoms with Gasteiger partial charge in [-0.25, -0.2) is 4.79 Å². The first-order chi connectivity index (χ1) is 9.61. The standard InChI is InChI=1S/C14H19N3O3/c1-2-20-14(19)11-9-10(3-4-12(11)15)17-7-5-13(18)16-6-8-17/h3-4,9H,2,5-8,15H2,1H3,(H,16,18). The molecule has 0 unspecified atom stereocenters. The van der Waals surface area contributed by atoms with Crippen LogP contribution < -0.4 is 16.0 Å². The lowest BCUT2D eigenvalue weighted by Gasteiger charge is -2.22. The summed E-state index contributed by atoms with van der Waals surface area (Å²) in [7, 11) is 0. The van der Waals surface area contributed by atoms with Crippen LogP contribution in [0.4, 0.5) is 11.4 Å². The number of rotatable bonds is 3. The summed E-state index contributed by atoms with van der Waals surface area (Å²) in [6.07, 6.45) is 0.444. The first kappa shape index (κ1) is 14.2. The van der Waals surface area contributed by atoms with Crippen LogP contribution in [0.25, 0.3) is 0 Å². The van der Waals surface area contributed by atoms with Gasteiger partial charge >= 0.3 is 5.97 Å². The second-order valence-corrected chi connectivity index (χ2v) is 4.58. The zero-order chi connectivity index (χ0) is 14.5. The third kappa shape index (κ3) is 3.20. The van der Waals surface area contributed by atoms with Crippen LogP contribution in [0, 0.1) is 0 Å². The molecule has 6 heteroatoms. The predicted octanol–water partition coefficient (Wildman–Crippen LogP) is 0.772. The molecule has 3 N–H and O–H groups in total. The summed E-state index contributed by atoms with van der Waals surface area (Å²) in [6.45, 7) is 3.99. The number of nitrogen functional groups attached to an aromatic ring is 1. The Balaban J connectivity index is 2.22. The monoisotopic (exact) mass is 277 g/mol. The summed E-state index contributed by atoms with van der Waals surface area (Å²) in [6, 6.07) is 5.28. The number of esters is 1. The van der Waals surface area contributed by atoms with Crippen molar-refractivity contribution >= 4 is 23.3 Å². The van der Waals surface area contributed by atoms with E-state index in [2.05, 4.69) is 10.2 Å². The summed E-state index contributed by atoms with van der Waals surface area (Å²) in [4.78, 5) is 25.2. The predicted molar refractivity (Wildman–Crippen MR) is 76.7 cm³/mol. The van der Waals surface area contributed by atoms with Crippen molar-refractivity contribution < 1.29 is 14.3 Å². The molecule has 0 aliphatic carbocycles. The molecule has 1 aromatic carbocycles. The van der Waals surface area contributed by atoms with Crippen molar-refractivity contribution in [2.45, 2.75) is 13.3 Å². The minimum absolute atomic E-state index is 0.0496. The van der Waals surface area contributed by atoms with E-state index >= 15 is 0 Å². The van der Waals surface area contributed by atoms with Crippen molar-refractivity contribution in [3.05, 3.63) is 23.8 Å². The fourth-order valence-corrected chi connectivity index (χ4v) is 2.15. The highest BCUT2D eigenvalue weighted by Crippen LogP contribution is 2.22. The lowest BCUT2D eigenvalue weighted by molar-refractivity contribution is -0.120. The van der Waals surface area contributed by atoms with Gasteiger partial charge in [-0.05, 0) is 25.1 Å². The van der Waals surface area contributed by atoms with Crippen molar-refractivity contribution in [3.63, 3.8) is 0 Å². The highest BCUT2D eigenvalue weighted by molar-refractivity contribution is 5.96. The second kappa shape index (κ2) is 6.27. The number of ether oxygens (including phenoxy) is 1. The van der Waals surface area contributed by atoms with E-state index in [1.165, 1.54) is 0 Å². The van der Waals surface area contributed by atoms with Crippen LogP contribution >= 0.6 is 0 Å². The Morgan fingerprint density at radius 2 is 2.25 bits per heavy atom. The third-order valence-corrected chi connectivity index (χ3v) is 3.21. The Kier molecular flexibility index (Phi) is 4.45. The molecule has 1 fully saturated rings. The van der Waals surface area contributed by atoms with Gasteiger partial charge in [-0.1, -0.05) is 0 Å². The second-order valence-electron chi connectivity index (χ2n) is 4.58. The Morgan fingerprint density at radius 3 is 3.00 bits per heavy atom. The van der Waals surface area contributed by atoms with Gasteiger partial charge in [0.1, 0.15) is 0 Å². The topological polar surface area (TPSA) is 84.7 Å². The molecular formula is C14H19N3O3. The molecule has 1 amide bonds. The molecule has 1 aliphatic heterocycles. The van der Waals surface area contributed by atoms with Crippen molar-refractivity contribution in [3.8, 4) is 0 Å². The van der Waals surface area contributed by atoms with Gasteiger partial charge in [0.15, 0.2) is 0 Å². The normalized spacial score (nSPS) is 15.4. The number of amides is 1. The Labute approximate surface area is 117 Å². The summed E-state index contributed by atoms with van der Waals surface area (Å²) < 4.78 is 4.99. The van der Waals surface area contributed by atoms with Gasteiger partial charge in [-0.2, -0.15) is 0 Å². The molecule has 0 aromatic heterocycles. The van der Waals surface area contributed by atoms with Gasteiger partial charge < -0.3 is 20.7 Å². The van der Waals surface area contributed by atoms with E-state index in [0.29, 0.717) is 43.9 Å². The molecule has 0 saturated carbocycles. The number of nitrogens with zero attached hydrogens (tertiary/aromatic N) is 1. The van der Waals surface area contributed by atoms with Crippen LogP contribution in [0.2, 0.25) is 0 Å². The molecule has 1 saturated heterocycles. The van der Waals surface area contributed by atoms with Crippen LogP contribution in [0.1, 0.15) is 23.7 Å². The maximum absolute atomic E-state index is 11.8. The summed E-state index contributed by atoms with van der Waals surface area (Å²) in [5, 5.41) is 2.82. The van der Waals surface area contributed by atoms with E-state index in [0.717, 1.165) is 5.69 Å². The van der Waals surface area contributed by atoms with Gasteiger partial charge in [0.2, 0.25) is 5.91 Å². The number of hydrogen-bond donors (Lipinski definition) is 2. The van der Waals surface area contributed by atoms with E-state index < -0.39 is 5.97 Å². The molecule has 6 nitrogen and oxygen atoms in total. The molecule has 0 radical (unpaired) electrons. The number of benzene rings is 1.